The second-order valence-corrected chi connectivity index (χ2v) is 8.85. The number of piperidine rings is 1. The molecule has 1 N–H and O–H groups in total. The quantitative estimate of drug-likeness (QED) is 0.593. The van der Waals surface area contributed by atoms with Crippen molar-refractivity contribution in [1.82, 2.24) is 30.0 Å². The van der Waals surface area contributed by atoms with Crippen molar-refractivity contribution in [2.75, 3.05) is 26.3 Å². The predicted molar refractivity (Wildman–Crippen MR) is 125 cm³/mol. The first kappa shape index (κ1) is 22.9. The summed E-state index contributed by atoms with van der Waals surface area (Å²) < 4.78 is 27.3. The SMILES string of the molecule is Cl.O=c1cnc2ccc(F)c3c2n1CC(N1CCC(NCc2cc4c(nn2)OCCO4)CC1)C3. The normalized spacial score (nSPS) is 20.2. The summed E-state index contributed by atoms with van der Waals surface area (Å²) in [7, 11) is 0. The van der Waals surface area contributed by atoms with Crippen LogP contribution in [0.1, 0.15) is 24.1 Å². The molecule has 1 saturated heterocycles. The number of aromatic nitrogens is 4. The van der Waals surface area contributed by atoms with E-state index in [-0.39, 0.29) is 29.8 Å². The fourth-order valence-electron chi connectivity index (χ4n) is 5.14. The summed E-state index contributed by atoms with van der Waals surface area (Å²) >= 11 is 0. The van der Waals surface area contributed by atoms with E-state index in [2.05, 4.69) is 25.4 Å². The predicted octanol–water partition coefficient (Wildman–Crippen LogP) is 1.70. The van der Waals surface area contributed by atoms with Crippen LogP contribution in [-0.2, 0) is 19.5 Å². The summed E-state index contributed by atoms with van der Waals surface area (Å²) in [6, 6.07) is 5.44. The van der Waals surface area contributed by atoms with Crippen LogP contribution in [0.2, 0.25) is 0 Å². The summed E-state index contributed by atoms with van der Waals surface area (Å²) in [6.07, 6.45) is 3.88. The first-order valence-corrected chi connectivity index (χ1v) is 11.4. The molecule has 9 nitrogen and oxygen atoms in total. The zero-order chi connectivity index (χ0) is 22.4. The number of ether oxygens (including phenoxy) is 2. The largest absolute Gasteiger partial charge is 0.484 e. The topological polar surface area (TPSA) is 94.4 Å². The second kappa shape index (κ2) is 9.44. The molecule has 0 amide bonds. The lowest BCUT2D eigenvalue weighted by Crippen LogP contribution is -2.50. The Morgan fingerprint density at radius 3 is 2.82 bits per heavy atom. The van der Waals surface area contributed by atoms with Gasteiger partial charge in [0.25, 0.3) is 11.4 Å². The van der Waals surface area contributed by atoms with Crippen LogP contribution in [0.25, 0.3) is 11.0 Å². The van der Waals surface area contributed by atoms with Gasteiger partial charge in [0.05, 0.1) is 22.9 Å². The van der Waals surface area contributed by atoms with Crippen molar-refractivity contribution in [1.29, 1.82) is 0 Å². The maximum absolute atomic E-state index is 14.6. The monoisotopic (exact) mass is 488 g/mol. The van der Waals surface area contributed by atoms with E-state index in [1.54, 1.807) is 10.6 Å². The van der Waals surface area contributed by atoms with Gasteiger partial charge in [-0.05, 0) is 44.5 Å². The van der Waals surface area contributed by atoms with Crippen LogP contribution in [0.4, 0.5) is 4.39 Å². The molecule has 34 heavy (non-hydrogen) atoms. The molecule has 0 saturated carbocycles. The van der Waals surface area contributed by atoms with Crippen molar-refractivity contribution in [3.63, 3.8) is 0 Å². The van der Waals surface area contributed by atoms with E-state index in [4.69, 9.17) is 9.47 Å². The van der Waals surface area contributed by atoms with Crippen molar-refractivity contribution in [2.24, 2.45) is 0 Å². The summed E-state index contributed by atoms with van der Waals surface area (Å²) in [5.41, 5.74) is 2.58. The molecule has 3 aromatic rings. The summed E-state index contributed by atoms with van der Waals surface area (Å²) in [4.78, 5) is 19.1. The molecular formula is C23H26ClFN6O3. The number of benzene rings is 1. The van der Waals surface area contributed by atoms with Crippen molar-refractivity contribution in [2.45, 2.75) is 44.4 Å². The molecule has 0 aliphatic carbocycles. The second-order valence-electron chi connectivity index (χ2n) is 8.85. The highest BCUT2D eigenvalue weighted by atomic mass is 35.5. The van der Waals surface area contributed by atoms with Gasteiger partial charge < -0.3 is 19.4 Å². The van der Waals surface area contributed by atoms with Crippen molar-refractivity contribution in [3.05, 3.63) is 51.8 Å². The van der Waals surface area contributed by atoms with Gasteiger partial charge in [-0.3, -0.25) is 9.69 Å². The fraction of sp³-hybridized carbons (Fsp3) is 0.478. The van der Waals surface area contributed by atoms with Crippen LogP contribution >= 0.6 is 12.4 Å². The van der Waals surface area contributed by atoms with Crippen molar-refractivity contribution >= 4 is 23.4 Å². The third kappa shape index (κ3) is 4.21. The van der Waals surface area contributed by atoms with E-state index in [1.807, 2.05) is 6.07 Å². The molecule has 180 valence electrons. The van der Waals surface area contributed by atoms with Crippen LogP contribution in [0, 0.1) is 5.82 Å². The average molecular weight is 489 g/mol. The van der Waals surface area contributed by atoms with Gasteiger partial charge in [-0.15, -0.1) is 17.5 Å². The maximum Gasteiger partial charge on any atom is 0.276 e. The number of nitrogens with one attached hydrogen (secondary N) is 1. The van der Waals surface area contributed by atoms with Crippen LogP contribution in [-0.4, -0.2) is 63.0 Å². The lowest BCUT2D eigenvalue weighted by Gasteiger charge is -2.40. The fourth-order valence-corrected chi connectivity index (χ4v) is 5.14. The summed E-state index contributed by atoms with van der Waals surface area (Å²) in [5.74, 6) is 0.841. The molecule has 0 spiro atoms. The van der Waals surface area contributed by atoms with Crippen LogP contribution in [0.3, 0.4) is 0 Å². The first-order chi connectivity index (χ1) is 16.2. The number of halogens is 2. The Kier molecular flexibility index (Phi) is 6.37. The zero-order valence-corrected chi connectivity index (χ0v) is 19.4. The van der Waals surface area contributed by atoms with Crippen LogP contribution < -0.4 is 20.3 Å². The van der Waals surface area contributed by atoms with Gasteiger partial charge >= 0.3 is 0 Å². The average Bonchev–Trinajstić information content (AvgIpc) is 2.86. The molecule has 0 bridgehead atoms. The van der Waals surface area contributed by atoms with Gasteiger partial charge in [0.15, 0.2) is 5.75 Å². The minimum absolute atomic E-state index is 0. The molecule has 2 aromatic heterocycles. The Morgan fingerprint density at radius 1 is 1.15 bits per heavy atom. The highest BCUT2D eigenvalue weighted by Gasteiger charge is 2.31. The number of likely N-dealkylation sites (tertiary alicyclic amines) is 1. The molecule has 6 rings (SSSR count). The van der Waals surface area contributed by atoms with E-state index in [9.17, 15) is 9.18 Å². The highest BCUT2D eigenvalue weighted by Crippen LogP contribution is 2.29. The molecule has 11 heteroatoms. The Hall–Kier alpha value is -2.82. The van der Waals surface area contributed by atoms with E-state index < -0.39 is 0 Å². The smallest absolute Gasteiger partial charge is 0.276 e. The zero-order valence-electron chi connectivity index (χ0n) is 18.6. The van der Waals surface area contributed by atoms with Crippen LogP contribution in [0.15, 0.2) is 29.2 Å². The van der Waals surface area contributed by atoms with E-state index in [0.717, 1.165) is 31.6 Å². The van der Waals surface area contributed by atoms with Gasteiger partial charge in [0.1, 0.15) is 19.0 Å². The number of hydrogen-bond acceptors (Lipinski definition) is 8. The van der Waals surface area contributed by atoms with Crippen molar-refractivity contribution < 1.29 is 13.9 Å². The molecule has 1 unspecified atom stereocenters. The van der Waals surface area contributed by atoms with Gasteiger partial charge in [0, 0.05) is 36.8 Å². The molecule has 5 heterocycles. The minimum Gasteiger partial charge on any atom is -0.484 e. The van der Waals surface area contributed by atoms with Gasteiger partial charge in [0.2, 0.25) is 0 Å². The van der Waals surface area contributed by atoms with E-state index >= 15 is 0 Å². The maximum atomic E-state index is 14.6. The van der Waals surface area contributed by atoms with E-state index in [0.29, 0.717) is 67.0 Å². The van der Waals surface area contributed by atoms with Gasteiger partial charge in [-0.25, -0.2) is 9.37 Å². The first-order valence-electron chi connectivity index (χ1n) is 11.4. The molecule has 0 radical (unpaired) electrons. The highest BCUT2D eigenvalue weighted by molar-refractivity contribution is 5.85. The summed E-state index contributed by atoms with van der Waals surface area (Å²) in [5, 5.41) is 11.9. The molecule has 1 atom stereocenters. The Morgan fingerprint density at radius 2 is 1.97 bits per heavy atom. The third-order valence-electron chi connectivity index (χ3n) is 6.86. The third-order valence-corrected chi connectivity index (χ3v) is 6.86. The Balaban J connectivity index is 0.00000241. The van der Waals surface area contributed by atoms with Crippen LogP contribution in [0.5, 0.6) is 11.6 Å². The van der Waals surface area contributed by atoms with E-state index in [1.165, 1.54) is 12.3 Å². The standard InChI is InChI=1S/C23H25FN6O3.ClH/c24-18-1-2-19-22-17(18)10-16(13-30(22)21(31)12-26-19)29-5-3-14(4-6-29)25-11-15-9-20-23(28-27-15)33-8-7-32-20;/h1-2,9,12,14,16,25H,3-8,10-11,13H2;1H. The minimum atomic E-state index is -0.259. The lowest BCUT2D eigenvalue weighted by atomic mass is 9.95. The Bertz CT molecular complexity index is 1260. The molecule has 1 aromatic carbocycles. The number of rotatable bonds is 4. The molecule has 3 aliphatic heterocycles. The number of nitrogens with zero attached hydrogens (tertiary/aromatic N) is 5. The Labute approximate surface area is 201 Å². The van der Waals surface area contributed by atoms with Gasteiger partial charge in [-0.1, -0.05) is 0 Å². The molecule has 1 fully saturated rings. The molecule has 3 aliphatic rings. The molecular weight excluding hydrogens is 463 g/mol. The number of fused-ring (bicyclic) bond motifs is 1. The number of hydrogen-bond donors (Lipinski definition) is 1. The van der Waals surface area contributed by atoms with Gasteiger partial charge in [-0.2, -0.15) is 5.10 Å². The van der Waals surface area contributed by atoms with Crippen molar-refractivity contribution in [3.8, 4) is 11.6 Å². The summed E-state index contributed by atoms with van der Waals surface area (Å²) in [6.45, 7) is 3.98. The lowest BCUT2D eigenvalue weighted by molar-refractivity contribution is 0.125.